The lowest BCUT2D eigenvalue weighted by atomic mass is 10.1. The van der Waals surface area contributed by atoms with E-state index in [0.717, 1.165) is 29.8 Å². The molecule has 110 valence electrons. The topological polar surface area (TPSA) is 44.9 Å². The first-order valence-corrected chi connectivity index (χ1v) is 7.40. The fourth-order valence-corrected chi connectivity index (χ4v) is 2.91. The predicted octanol–water partition coefficient (Wildman–Crippen LogP) is 3.80. The molecule has 3 nitrogen and oxygen atoms in total. The second-order valence-corrected chi connectivity index (χ2v) is 5.68. The van der Waals surface area contributed by atoms with Crippen LogP contribution in [0.5, 0.6) is 0 Å². The van der Waals surface area contributed by atoms with Gasteiger partial charge in [0.05, 0.1) is 5.56 Å². The summed E-state index contributed by atoms with van der Waals surface area (Å²) in [6, 6.07) is 8.40. The van der Waals surface area contributed by atoms with Crippen LogP contribution >= 0.6 is 0 Å². The van der Waals surface area contributed by atoms with E-state index in [2.05, 4.69) is 10.3 Å². The van der Waals surface area contributed by atoms with Crippen molar-refractivity contribution in [2.45, 2.75) is 38.6 Å². The molecule has 0 bridgehead atoms. The summed E-state index contributed by atoms with van der Waals surface area (Å²) in [6.07, 6.45) is 4.52. The Kier molecular flexibility index (Phi) is 3.78. The smallest absolute Gasteiger partial charge is 0.253 e. The molecule has 3 rings (SSSR count). The van der Waals surface area contributed by atoms with E-state index < -0.39 is 0 Å². The number of nitrogens with one attached hydrogen (secondary N) is 2. The van der Waals surface area contributed by atoms with E-state index in [1.54, 1.807) is 12.1 Å². The second kappa shape index (κ2) is 5.72. The van der Waals surface area contributed by atoms with Crippen molar-refractivity contribution in [2.75, 3.05) is 0 Å². The second-order valence-electron chi connectivity index (χ2n) is 5.68. The fraction of sp³-hybridized carbons (Fsp3) is 0.353. The summed E-state index contributed by atoms with van der Waals surface area (Å²) in [5.41, 5.74) is 3.22. The monoisotopic (exact) mass is 286 g/mol. The summed E-state index contributed by atoms with van der Waals surface area (Å²) >= 11 is 0. The van der Waals surface area contributed by atoms with Gasteiger partial charge in [-0.3, -0.25) is 4.79 Å². The largest absolute Gasteiger partial charge is 0.358 e. The van der Waals surface area contributed by atoms with Crippen LogP contribution in [0.4, 0.5) is 4.39 Å². The maximum Gasteiger partial charge on any atom is 0.253 e. The van der Waals surface area contributed by atoms with Crippen LogP contribution in [0.25, 0.3) is 11.3 Å². The summed E-state index contributed by atoms with van der Waals surface area (Å²) < 4.78 is 13.0. The number of hydrogen-bond donors (Lipinski definition) is 2. The van der Waals surface area contributed by atoms with Gasteiger partial charge < -0.3 is 10.3 Å². The van der Waals surface area contributed by atoms with Gasteiger partial charge in [0.2, 0.25) is 0 Å². The molecule has 0 atom stereocenters. The van der Waals surface area contributed by atoms with Crippen LogP contribution in [0.15, 0.2) is 30.3 Å². The van der Waals surface area contributed by atoms with E-state index in [4.69, 9.17) is 0 Å². The standard InChI is InChI=1S/C17H19FN2O/c1-11-15(17(21)20-14-4-2-3-5-14)10-16(19-11)12-6-8-13(18)9-7-12/h6-10,14,19H,2-5H2,1H3,(H,20,21). The van der Waals surface area contributed by atoms with Crippen molar-refractivity contribution in [1.82, 2.24) is 10.3 Å². The number of aromatic amines is 1. The first-order chi connectivity index (χ1) is 10.1. The summed E-state index contributed by atoms with van der Waals surface area (Å²) in [7, 11) is 0. The van der Waals surface area contributed by atoms with Gasteiger partial charge >= 0.3 is 0 Å². The minimum absolute atomic E-state index is 0.0241. The summed E-state index contributed by atoms with van der Waals surface area (Å²) in [4.78, 5) is 15.5. The lowest BCUT2D eigenvalue weighted by Gasteiger charge is -2.11. The third-order valence-corrected chi connectivity index (χ3v) is 4.11. The highest BCUT2D eigenvalue weighted by atomic mass is 19.1. The van der Waals surface area contributed by atoms with Crippen molar-refractivity contribution in [3.63, 3.8) is 0 Å². The Balaban J connectivity index is 1.80. The molecule has 0 unspecified atom stereocenters. The van der Waals surface area contributed by atoms with Crippen molar-refractivity contribution in [1.29, 1.82) is 0 Å². The van der Waals surface area contributed by atoms with Crippen LogP contribution < -0.4 is 5.32 Å². The zero-order valence-electron chi connectivity index (χ0n) is 12.1. The number of aryl methyl sites for hydroxylation is 1. The molecule has 0 aliphatic heterocycles. The molecule has 21 heavy (non-hydrogen) atoms. The van der Waals surface area contributed by atoms with Gasteiger partial charge in [-0.1, -0.05) is 12.8 Å². The molecule has 2 aromatic rings. The Labute approximate surface area is 123 Å². The van der Waals surface area contributed by atoms with Crippen LogP contribution in [0.3, 0.4) is 0 Å². The molecule has 1 fully saturated rings. The van der Waals surface area contributed by atoms with Crippen LogP contribution in [-0.4, -0.2) is 16.9 Å². The van der Waals surface area contributed by atoms with Crippen LogP contribution in [0.1, 0.15) is 41.7 Å². The molecular weight excluding hydrogens is 267 g/mol. The highest BCUT2D eigenvalue weighted by molar-refractivity contribution is 5.97. The molecule has 1 aliphatic rings. The maximum atomic E-state index is 13.0. The number of carbonyl (C=O) groups is 1. The minimum atomic E-state index is -0.263. The maximum absolute atomic E-state index is 13.0. The molecule has 2 N–H and O–H groups in total. The van der Waals surface area contributed by atoms with E-state index in [0.29, 0.717) is 11.6 Å². The van der Waals surface area contributed by atoms with Crippen LogP contribution in [-0.2, 0) is 0 Å². The number of hydrogen-bond acceptors (Lipinski definition) is 1. The number of benzene rings is 1. The van der Waals surface area contributed by atoms with Gasteiger partial charge in [0, 0.05) is 17.4 Å². The Hall–Kier alpha value is -2.10. The molecule has 0 saturated heterocycles. The molecule has 1 amide bonds. The Morgan fingerprint density at radius 3 is 2.57 bits per heavy atom. The molecule has 4 heteroatoms. The van der Waals surface area contributed by atoms with Gasteiger partial charge in [-0.2, -0.15) is 0 Å². The molecule has 1 saturated carbocycles. The van der Waals surface area contributed by atoms with Crippen molar-refractivity contribution in [3.8, 4) is 11.3 Å². The van der Waals surface area contributed by atoms with Crippen LogP contribution in [0, 0.1) is 12.7 Å². The molecule has 1 aromatic heterocycles. The number of aromatic nitrogens is 1. The summed E-state index contributed by atoms with van der Waals surface area (Å²) in [5, 5.41) is 3.09. The van der Waals surface area contributed by atoms with E-state index >= 15 is 0 Å². The molecule has 0 radical (unpaired) electrons. The van der Waals surface area contributed by atoms with Gasteiger partial charge in [-0.25, -0.2) is 4.39 Å². The lowest BCUT2D eigenvalue weighted by Crippen LogP contribution is -2.32. The van der Waals surface area contributed by atoms with Crippen molar-refractivity contribution < 1.29 is 9.18 Å². The third-order valence-electron chi connectivity index (χ3n) is 4.11. The summed E-state index contributed by atoms with van der Waals surface area (Å²) in [6.45, 7) is 1.89. The van der Waals surface area contributed by atoms with E-state index in [1.807, 2.05) is 13.0 Å². The number of halogens is 1. The van der Waals surface area contributed by atoms with E-state index in [1.165, 1.54) is 25.0 Å². The van der Waals surface area contributed by atoms with E-state index in [9.17, 15) is 9.18 Å². The number of H-pyrrole nitrogens is 1. The first-order valence-electron chi connectivity index (χ1n) is 7.40. The number of carbonyl (C=O) groups excluding carboxylic acids is 1. The Bertz CT molecular complexity index is 639. The SMILES string of the molecule is Cc1[nH]c(-c2ccc(F)cc2)cc1C(=O)NC1CCCC1. The van der Waals surface area contributed by atoms with Crippen molar-refractivity contribution in [3.05, 3.63) is 47.4 Å². The highest BCUT2D eigenvalue weighted by Gasteiger charge is 2.20. The van der Waals surface area contributed by atoms with Crippen molar-refractivity contribution >= 4 is 5.91 Å². The van der Waals surface area contributed by atoms with Gasteiger partial charge in [-0.05, 0) is 55.7 Å². The molecule has 0 spiro atoms. The van der Waals surface area contributed by atoms with Gasteiger partial charge in [0.1, 0.15) is 5.82 Å². The first kappa shape index (κ1) is 13.9. The third kappa shape index (κ3) is 2.99. The number of rotatable bonds is 3. The average Bonchev–Trinajstić information content (AvgIpc) is 3.09. The van der Waals surface area contributed by atoms with Crippen molar-refractivity contribution in [2.24, 2.45) is 0 Å². The van der Waals surface area contributed by atoms with E-state index in [-0.39, 0.29) is 11.7 Å². The predicted molar refractivity (Wildman–Crippen MR) is 80.6 cm³/mol. The van der Waals surface area contributed by atoms with Gasteiger partial charge in [0.15, 0.2) is 0 Å². The zero-order valence-corrected chi connectivity index (χ0v) is 12.1. The fourth-order valence-electron chi connectivity index (χ4n) is 2.91. The molecule has 1 heterocycles. The molecule has 1 aromatic carbocycles. The minimum Gasteiger partial charge on any atom is -0.358 e. The molecular formula is C17H19FN2O. The lowest BCUT2D eigenvalue weighted by molar-refractivity contribution is 0.0937. The highest BCUT2D eigenvalue weighted by Crippen LogP contribution is 2.23. The quantitative estimate of drug-likeness (QED) is 0.885. The number of amides is 1. The van der Waals surface area contributed by atoms with Gasteiger partial charge in [-0.15, -0.1) is 0 Å². The average molecular weight is 286 g/mol. The Morgan fingerprint density at radius 2 is 1.90 bits per heavy atom. The normalized spacial score (nSPS) is 15.3. The van der Waals surface area contributed by atoms with Gasteiger partial charge in [0.25, 0.3) is 5.91 Å². The summed E-state index contributed by atoms with van der Waals surface area (Å²) in [5.74, 6) is -0.287. The zero-order chi connectivity index (χ0) is 14.8. The van der Waals surface area contributed by atoms with Crippen LogP contribution in [0.2, 0.25) is 0 Å². The molecule has 1 aliphatic carbocycles. The Morgan fingerprint density at radius 1 is 1.24 bits per heavy atom.